The molecule has 0 amide bonds. The molecule has 2 aliphatic heterocycles. The van der Waals surface area contributed by atoms with E-state index in [4.69, 9.17) is 18.6 Å². The predicted molar refractivity (Wildman–Crippen MR) is 108 cm³/mol. The van der Waals surface area contributed by atoms with E-state index < -0.39 is 31.2 Å². The molecule has 156 valence electrons. The lowest BCUT2D eigenvalue weighted by Crippen LogP contribution is -2.67. The summed E-state index contributed by atoms with van der Waals surface area (Å²) in [6.07, 6.45) is -0.957. The minimum Gasteiger partial charge on any atom is -0.411 e. The van der Waals surface area contributed by atoms with Crippen LogP contribution in [0.2, 0.25) is 18.1 Å². The quantitative estimate of drug-likeness (QED) is 0.444. The van der Waals surface area contributed by atoms with Crippen molar-refractivity contribution in [2.45, 2.75) is 96.3 Å². The molecule has 0 aromatic rings. The smallest absolute Gasteiger partial charge is 0.192 e. The van der Waals surface area contributed by atoms with E-state index in [1.165, 1.54) is 0 Å². The van der Waals surface area contributed by atoms with Gasteiger partial charge in [-0.3, -0.25) is 0 Å². The van der Waals surface area contributed by atoms with Crippen molar-refractivity contribution >= 4 is 8.32 Å². The van der Waals surface area contributed by atoms with Gasteiger partial charge >= 0.3 is 0 Å². The highest BCUT2D eigenvalue weighted by atomic mass is 28.4. The Morgan fingerprint density at radius 1 is 1.15 bits per heavy atom. The molecule has 1 spiro atoms. The summed E-state index contributed by atoms with van der Waals surface area (Å²) in [7, 11) is -2.04. The molecule has 2 saturated heterocycles. The summed E-state index contributed by atoms with van der Waals surface area (Å²) >= 11 is 0. The molecule has 0 bridgehead atoms. The van der Waals surface area contributed by atoms with Crippen molar-refractivity contribution in [3.05, 3.63) is 12.2 Å². The Kier molecular flexibility index (Phi) is 4.87. The lowest BCUT2D eigenvalue weighted by Gasteiger charge is -2.56. The maximum absolute atomic E-state index is 11.3. The number of ether oxygens (including phenoxy) is 3. The molecule has 0 aromatic carbocycles. The fourth-order valence-corrected chi connectivity index (χ4v) is 5.84. The molecule has 3 fully saturated rings. The van der Waals surface area contributed by atoms with Gasteiger partial charge in [0, 0.05) is 5.92 Å². The minimum absolute atomic E-state index is 0.0849. The molecule has 2 heterocycles. The molecule has 0 unspecified atom stereocenters. The van der Waals surface area contributed by atoms with Crippen molar-refractivity contribution in [2.24, 2.45) is 11.3 Å². The third kappa shape index (κ3) is 3.26. The third-order valence-corrected chi connectivity index (χ3v) is 11.8. The zero-order valence-electron chi connectivity index (χ0n) is 18.5. The topological polar surface area (TPSA) is 60.5 Å². The second kappa shape index (κ2) is 6.13. The van der Waals surface area contributed by atoms with E-state index in [-0.39, 0.29) is 23.2 Å². The van der Waals surface area contributed by atoms with Crippen molar-refractivity contribution in [1.82, 2.24) is 0 Å². The number of rotatable bonds is 3. The van der Waals surface area contributed by atoms with Gasteiger partial charge in [-0.25, -0.2) is 0 Å². The van der Waals surface area contributed by atoms with Crippen LogP contribution in [0.5, 0.6) is 0 Å². The van der Waals surface area contributed by atoms with E-state index >= 15 is 0 Å². The van der Waals surface area contributed by atoms with Crippen LogP contribution in [0.3, 0.4) is 0 Å². The summed E-state index contributed by atoms with van der Waals surface area (Å²) in [5, 5.41) is 11.4. The molecule has 3 aliphatic rings. The van der Waals surface area contributed by atoms with Crippen molar-refractivity contribution < 1.29 is 23.7 Å². The van der Waals surface area contributed by atoms with Crippen LogP contribution in [0.15, 0.2) is 12.2 Å². The Bertz CT molecular complexity index is 613. The van der Waals surface area contributed by atoms with Gasteiger partial charge in [0.2, 0.25) is 0 Å². The molecule has 0 radical (unpaired) electrons. The second-order valence-electron chi connectivity index (χ2n) is 11.0. The summed E-state index contributed by atoms with van der Waals surface area (Å²) in [6.45, 7) is 24.2. The SMILES string of the molecule is C=C(C)[C@H]1[C@@H](O[Si](C)(C)C(C)(C)C)[C@@H]2O[C@]2(C)[C@@H](O)C12COC(C)(C)OC2. The highest BCUT2D eigenvalue weighted by Crippen LogP contribution is 2.61. The first-order valence-corrected chi connectivity index (χ1v) is 13.0. The normalized spacial score (nSPS) is 40.5. The maximum Gasteiger partial charge on any atom is 0.192 e. The molecule has 5 atom stereocenters. The standard InChI is InChI=1S/C21H38O5Si/c1-13(2)14-15(26-27(9,10)18(3,4)5)16-20(8,25-16)17(22)21(14)11-23-19(6,7)24-12-21/h14-17,22H,1,11-12H2,2-10H3/t14-,15+,16-,17+,20-/m0/s1. The van der Waals surface area contributed by atoms with Gasteiger partial charge < -0.3 is 23.7 Å². The van der Waals surface area contributed by atoms with Crippen LogP contribution in [-0.2, 0) is 18.6 Å². The molecule has 1 N–H and O–H groups in total. The van der Waals surface area contributed by atoms with Gasteiger partial charge in [-0.05, 0) is 45.8 Å². The largest absolute Gasteiger partial charge is 0.411 e. The average molecular weight is 399 g/mol. The Morgan fingerprint density at radius 2 is 1.67 bits per heavy atom. The van der Waals surface area contributed by atoms with Crippen LogP contribution < -0.4 is 0 Å². The maximum atomic E-state index is 11.3. The fraction of sp³-hybridized carbons (Fsp3) is 0.905. The van der Waals surface area contributed by atoms with Gasteiger partial charge in [-0.15, -0.1) is 0 Å². The lowest BCUT2D eigenvalue weighted by atomic mass is 9.58. The highest BCUT2D eigenvalue weighted by Gasteiger charge is 2.75. The van der Waals surface area contributed by atoms with Crippen molar-refractivity contribution in [1.29, 1.82) is 0 Å². The van der Waals surface area contributed by atoms with Crippen LogP contribution in [0.1, 0.15) is 48.5 Å². The van der Waals surface area contributed by atoms with Gasteiger partial charge in [-0.1, -0.05) is 32.9 Å². The van der Waals surface area contributed by atoms with Crippen LogP contribution >= 0.6 is 0 Å². The first-order chi connectivity index (χ1) is 12.1. The lowest BCUT2D eigenvalue weighted by molar-refractivity contribution is -0.317. The van der Waals surface area contributed by atoms with Gasteiger partial charge in [0.15, 0.2) is 14.1 Å². The van der Waals surface area contributed by atoms with E-state index in [9.17, 15) is 5.11 Å². The van der Waals surface area contributed by atoms with Crippen molar-refractivity contribution in [3.63, 3.8) is 0 Å². The summed E-state index contributed by atoms with van der Waals surface area (Å²) in [6, 6.07) is 0. The second-order valence-corrected chi connectivity index (χ2v) is 15.8. The van der Waals surface area contributed by atoms with Crippen LogP contribution in [0.4, 0.5) is 0 Å². The average Bonchev–Trinajstić information content (AvgIpc) is 3.19. The number of hydrogen-bond acceptors (Lipinski definition) is 5. The monoisotopic (exact) mass is 398 g/mol. The van der Waals surface area contributed by atoms with Crippen molar-refractivity contribution in [3.8, 4) is 0 Å². The molecule has 1 aliphatic carbocycles. The number of fused-ring (bicyclic) bond motifs is 1. The number of hydrogen-bond donors (Lipinski definition) is 1. The number of aliphatic hydroxyl groups is 1. The van der Waals surface area contributed by atoms with E-state index in [1.54, 1.807) is 0 Å². The first-order valence-electron chi connectivity index (χ1n) is 10.0. The van der Waals surface area contributed by atoms with Crippen molar-refractivity contribution in [2.75, 3.05) is 13.2 Å². The van der Waals surface area contributed by atoms with E-state index in [0.717, 1.165) is 5.57 Å². The van der Waals surface area contributed by atoms with Gasteiger partial charge in [0.25, 0.3) is 0 Å². The summed E-state index contributed by atoms with van der Waals surface area (Å²) in [5.41, 5.74) is -0.245. The molecule has 3 rings (SSSR count). The van der Waals surface area contributed by atoms with E-state index in [1.807, 2.05) is 27.7 Å². The highest BCUT2D eigenvalue weighted by molar-refractivity contribution is 6.74. The fourth-order valence-electron chi connectivity index (χ4n) is 4.55. The summed E-state index contributed by atoms with van der Waals surface area (Å²) in [4.78, 5) is 0. The molecular weight excluding hydrogens is 360 g/mol. The van der Waals surface area contributed by atoms with Gasteiger partial charge in [0.05, 0.1) is 30.8 Å². The Morgan fingerprint density at radius 3 is 2.11 bits per heavy atom. The summed E-state index contributed by atoms with van der Waals surface area (Å²) < 4.78 is 25.1. The first kappa shape index (κ1) is 21.5. The molecule has 5 nitrogen and oxygen atoms in total. The van der Waals surface area contributed by atoms with E-state index in [0.29, 0.717) is 13.2 Å². The molecule has 0 aromatic heterocycles. The number of epoxide rings is 1. The van der Waals surface area contributed by atoms with Crippen LogP contribution in [0.25, 0.3) is 0 Å². The van der Waals surface area contributed by atoms with Crippen LogP contribution in [0, 0.1) is 11.3 Å². The Balaban J connectivity index is 2.01. The minimum atomic E-state index is -2.04. The van der Waals surface area contributed by atoms with Gasteiger partial charge in [0.1, 0.15) is 11.7 Å². The number of aliphatic hydroxyl groups excluding tert-OH is 1. The predicted octanol–water partition coefficient (Wildman–Crippen LogP) is 3.87. The Labute approximate surface area is 165 Å². The Hall–Kier alpha value is -0.243. The molecule has 1 saturated carbocycles. The molecular formula is C21H38O5Si. The molecule has 6 heteroatoms. The van der Waals surface area contributed by atoms with E-state index in [2.05, 4.69) is 40.4 Å². The summed E-state index contributed by atoms with van der Waals surface area (Å²) in [5.74, 6) is -0.735. The zero-order chi connectivity index (χ0) is 20.6. The van der Waals surface area contributed by atoms with Crippen LogP contribution in [-0.4, -0.2) is 56.3 Å². The zero-order valence-corrected chi connectivity index (χ0v) is 19.5. The molecule has 27 heavy (non-hydrogen) atoms. The van der Waals surface area contributed by atoms with Gasteiger partial charge in [-0.2, -0.15) is 0 Å². The third-order valence-electron chi connectivity index (χ3n) is 7.37.